The fourth-order valence-corrected chi connectivity index (χ4v) is 3.47. The van der Waals surface area contributed by atoms with Crippen molar-refractivity contribution >= 4 is 34.9 Å². The third kappa shape index (κ3) is 3.99. The highest BCUT2D eigenvalue weighted by molar-refractivity contribution is 6.34. The highest BCUT2D eigenvalue weighted by Gasteiger charge is 2.36. The van der Waals surface area contributed by atoms with Gasteiger partial charge in [0.2, 0.25) is 5.78 Å². The van der Waals surface area contributed by atoms with Crippen molar-refractivity contribution in [1.82, 2.24) is 0 Å². The average molecular weight is 460 g/mol. The van der Waals surface area contributed by atoms with Crippen LogP contribution in [-0.4, -0.2) is 42.2 Å². The molecule has 10 nitrogen and oxygen atoms in total. The zero-order chi connectivity index (χ0) is 24.4. The molecule has 4 rings (SSSR count). The highest BCUT2D eigenvalue weighted by atomic mass is 16.6. The summed E-state index contributed by atoms with van der Waals surface area (Å²) in [6.45, 7) is -0.636. The first kappa shape index (κ1) is 22.3. The van der Waals surface area contributed by atoms with Crippen LogP contribution in [0.25, 0.3) is 0 Å². The van der Waals surface area contributed by atoms with E-state index < -0.39 is 35.1 Å². The number of methoxy groups -OCH3 is 1. The Hall–Kier alpha value is -4.86. The van der Waals surface area contributed by atoms with Crippen LogP contribution in [0.4, 0.5) is 11.4 Å². The number of nitro benzene ring substituents is 1. The van der Waals surface area contributed by atoms with Gasteiger partial charge in [0.1, 0.15) is 0 Å². The lowest BCUT2D eigenvalue weighted by Gasteiger charge is -2.14. The van der Waals surface area contributed by atoms with Crippen LogP contribution in [0.15, 0.2) is 66.7 Å². The largest absolute Gasteiger partial charge is 0.490 e. The van der Waals surface area contributed by atoms with Crippen molar-refractivity contribution in [1.29, 1.82) is 0 Å². The number of amides is 2. The van der Waals surface area contributed by atoms with E-state index in [1.165, 1.54) is 43.5 Å². The normalized spacial score (nSPS) is 12.3. The summed E-state index contributed by atoms with van der Waals surface area (Å²) in [5.74, 6) is -2.38. The molecule has 0 aliphatic carbocycles. The zero-order valence-electron chi connectivity index (χ0n) is 17.7. The van der Waals surface area contributed by atoms with Crippen molar-refractivity contribution < 1.29 is 33.6 Å². The first-order chi connectivity index (χ1) is 16.3. The summed E-state index contributed by atoms with van der Waals surface area (Å²) >= 11 is 0. The van der Waals surface area contributed by atoms with Crippen LogP contribution in [-0.2, 0) is 4.74 Å². The Morgan fingerprint density at radius 3 is 2.06 bits per heavy atom. The summed E-state index contributed by atoms with van der Waals surface area (Å²) in [4.78, 5) is 61.3. The summed E-state index contributed by atoms with van der Waals surface area (Å²) in [5.41, 5.74) is 0.574. The monoisotopic (exact) mass is 460 g/mol. The van der Waals surface area contributed by atoms with Crippen molar-refractivity contribution in [2.45, 2.75) is 0 Å². The summed E-state index contributed by atoms with van der Waals surface area (Å²) < 4.78 is 9.91. The lowest BCUT2D eigenvalue weighted by molar-refractivity contribution is -0.385. The van der Waals surface area contributed by atoms with Crippen LogP contribution in [0.3, 0.4) is 0 Å². The average Bonchev–Trinajstić information content (AvgIpc) is 3.11. The van der Waals surface area contributed by atoms with Crippen molar-refractivity contribution in [2.24, 2.45) is 0 Å². The summed E-state index contributed by atoms with van der Waals surface area (Å²) in [6.07, 6.45) is 0. The highest BCUT2D eigenvalue weighted by Crippen LogP contribution is 2.29. The third-order valence-corrected chi connectivity index (χ3v) is 5.19. The van der Waals surface area contributed by atoms with E-state index in [1.54, 1.807) is 24.3 Å². The Morgan fingerprint density at radius 2 is 1.50 bits per heavy atom. The number of ether oxygens (including phenoxy) is 2. The number of carbonyl (C=O) groups is 4. The number of benzene rings is 3. The van der Waals surface area contributed by atoms with E-state index in [4.69, 9.17) is 9.47 Å². The van der Waals surface area contributed by atoms with Crippen LogP contribution >= 0.6 is 0 Å². The second-order valence-corrected chi connectivity index (χ2v) is 7.18. The molecule has 0 atom stereocenters. The van der Waals surface area contributed by atoms with E-state index in [-0.39, 0.29) is 28.3 Å². The molecule has 3 aromatic rings. The maximum Gasteiger partial charge on any atom is 0.338 e. The topological polar surface area (TPSA) is 133 Å². The van der Waals surface area contributed by atoms with Crippen molar-refractivity contribution in [3.8, 4) is 5.75 Å². The molecule has 0 saturated carbocycles. The van der Waals surface area contributed by atoms with Gasteiger partial charge in [0, 0.05) is 11.6 Å². The Kier molecular flexibility index (Phi) is 5.88. The van der Waals surface area contributed by atoms with E-state index in [1.807, 2.05) is 0 Å². The second kappa shape index (κ2) is 8.94. The number of Topliss-reactive ketones (excluding diaryl/α,β-unsaturated/α-hetero) is 1. The number of esters is 1. The number of fused-ring (bicyclic) bond motifs is 1. The maximum absolute atomic E-state index is 12.6. The first-order valence-electron chi connectivity index (χ1n) is 9.92. The standard InChI is InChI=1S/C24H16N2O8/c1-33-21-11-8-15(12-19(21)26(31)32)20(27)13-34-24(30)14-6-9-16(10-7-14)25-22(28)17-4-2-3-5-18(17)23(25)29/h2-12H,13H2,1H3. The van der Waals surface area contributed by atoms with Gasteiger partial charge in [0.05, 0.1) is 34.4 Å². The number of carbonyl (C=O) groups excluding carboxylic acids is 4. The number of imide groups is 1. The number of ketones is 1. The Morgan fingerprint density at radius 1 is 0.912 bits per heavy atom. The summed E-state index contributed by atoms with van der Waals surface area (Å²) in [7, 11) is 1.27. The molecule has 0 N–H and O–H groups in total. The number of nitro groups is 1. The SMILES string of the molecule is COc1ccc(C(=O)COC(=O)c2ccc(N3C(=O)c4ccccc4C3=O)cc2)cc1[N+](=O)[O-]. The minimum atomic E-state index is -0.815. The molecule has 0 bridgehead atoms. The predicted octanol–water partition coefficient (Wildman–Crippen LogP) is 3.44. The van der Waals surface area contributed by atoms with Crippen LogP contribution < -0.4 is 9.64 Å². The molecule has 1 aliphatic heterocycles. The number of anilines is 1. The van der Waals surface area contributed by atoms with Crippen molar-refractivity contribution in [3.63, 3.8) is 0 Å². The lowest BCUT2D eigenvalue weighted by atomic mass is 10.1. The fourth-order valence-electron chi connectivity index (χ4n) is 3.47. The van der Waals surface area contributed by atoms with Gasteiger partial charge < -0.3 is 9.47 Å². The van der Waals surface area contributed by atoms with Crippen molar-refractivity contribution in [2.75, 3.05) is 18.6 Å². The lowest BCUT2D eigenvalue weighted by Crippen LogP contribution is -2.29. The zero-order valence-corrected chi connectivity index (χ0v) is 17.7. The van der Waals surface area contributed by atoms with Crippen molar-refractivity contribution in [3.05, 3.63) is 99.1 Å². The predicted molar refractivity (Wildman–Crippen MR) is 118 cm³/mol. The van der Waals surface area contributed by atoms with Gasteiger partial charge in [-0.1, -0.05) is 12.1 Å². The van der Waals surface area contributed by atoms with Gasteiger partial charge in [0.15, 0.2) is 12.4 Å². The molecule has 1 aliphatic rings. The molecular formula is C24H16N2O8. The second-order valence-electron chi connectivity index (χ2n) is 7.18. The molecule has 0 spiro atoms. The first-order valence-corrected chi connectivity index (χ1v) is 9.92. The van der Waals surface area contributed by atoms with Gasteiger partial charge in [-0.2, -0.15) is 0 Å². The van der Waals surface area contributed by atoms with E-state index in [9.17, 15) is 29.3 Å². The number of rotatable bonds is 7. The molecule has 3 aromatic carbocycles. The van der Waals surface area contributed by atoms with E-state index in [0.29, 0.717) is 11.1 Å². The fraction of sp³-hybridized carbons (Fsp3) is 0.0833. The molecule has 0 radical (unpaired) electrons. The molecule has 34 heavy (non-hydrogen) atoms. The molecule has 10 heteroatoms. The molecule has 1 heterocycles. The molecule has 0 saturated heterocycles. The van der Waals surface area contributed by atoms with E-state index in [0.717, 1.165) is 11.0 Å². The van der Waals surface area contributed by atoms with Crippen LogP contribution in [0.5, 0.6) is 5.75 Å². The Labute approximate surface area is 192 Å². The summed E-state index contributed by atoms with van der Waals surface area (Å²) in [6, 6.07) is 15.7. The number of hydrogen-bond acceptors (Lipinski definition) is 8. The Bertz CT molecular complexity index is 1310. The van der Waals surface area contributed by atoms with Crippen LogP contribution in [0.2, 0.25) is 0 Å². The quantitative estimate of drug-likeness (QED) is 0.172. The third-order valence-electron chi connectivity index (χ3n) is 5.19. The molecule has 170 valence electrons. The van der Waals surface area contributed by atoms with Gasteiger partial charge in [-0.25, -0.2) is 9.69 Å². The molecular weight excluding hydrogens is 444 g/mol. The molecule has 2 amide bonds. The van der Waals surface area contributed by atoms with Crippen LogP contribution in [0.1, 0.15) is 41.4 Å². The van der Waals surface area contributed by atoms with E-state index in [2.05, 4.69) is 0 Å². The smallest absolute Gasteiger partial charge is 0.338 e. The number of nitrogens with zero attached hydrogens (tertiary/aromatic N) is 2. The number of hydrogen-bond donors (Lipinski definition) is 0. The van der Waals surface area contributed by atoms with Gasteiger partial charge in [0.25, 0.3) is 11.8 Å². The molecule has 0 aromatic heterocycles. The van der Waals surface area contributed by atoms with Gasteiger partial charge in [-0.3, -0.25) is 24.5 Å². The molecule has 0 fully saturated rings. The van der Waals surface area contributed by atoms with E-state index >= 15 is 0 Å². The summed E-state index contributed by atoms with van der Waals surface area (Å²) in [5, 5.41) is 11.1. The molecule has 0 unspecified atom stereocenters. The van der Waals surface area contributed by atoms with Gasteiger partial charge in [-0.15, -0.1) is 0 Å². The minimum Gasteiger partial charge on any atom is -0.490 e. The minimum absolute atomic E-state index is 0.00306. The Balaban J connectivity index is 1.43. The van der Waals surface area contributed by atoms with Gasteiger partial charge >= 0.3 is 11.7 Å². The van der Waals surface area contributed by atoms with Crippen LogP contribution in [0, 0.1) is 10.1 Å². The maximum atomic E-state index is 12.6. The van der Waals surface area contributed by atoms with Gasteiger partial charge in [-0.05, 0) is 48.5 Å².